The summed E-state index contributed by atoms with van der Waals surface area (Å²) in [7, 11) is 0. The van der Waals surface area contributed by atoms with Gasteiger partial charge in [-0.25, -0.2) is 9.13 Å². The first-order chi connectivity index (χ1) is 11.8. The molecular formula is C22H34N2+2. The highest BCUT2D eigenvalue weighted by atomic mass is 14.9. The number of unbranched alkanes of at least 4 members (excludes halogenated alkanes) is 6. The van der Waals surface area contributed by atoms with E-state index in [1.807, 2.05) is 0 Å². The lowest BCUT2D eigenvalue weighted by Gasteiger charge is -2.02. The first-order valence-electron chi connectivity index (χ1n) is 9.82. The Morgan fingerprint density at radius 3 is 1.38 bits per heavy atom. The average Bonchev–Trinajstić information content (AvgIpc) is 2.63. The van der Waals surface area contributed by atoms with E-state index in [0.717, 1.165) is 13.1 Å². The van der Waals surface area contributed by atoms with E-state index in [1.54, 1.807) is 0 Å². The Labute approximate surface area is 148 Å². The van der Waals surface area contributed by atoms with Gasteiger partial charge in [0.05, 0.1) is 0 Å². The lowest BCUT2D eigenvalue weighted by Crippen LogP contribution is -2.33. The Bertz CT molecular complexity index is 558. The zero-order valence-corrected chi connectivity index (χ0v) is 15.6. The number of pyridine rings is 2. The van der Waals surface area contributed by atoms with Crippen LogP contribution in [-0.2, 0) is 13.1 Å². The third-order valence-corrected chi connectivity index (χ3v) is 4.66. The number of aromatic nitrogens is 2. The Hall–Kier alpha value is -1.70. The third kappa shape index (κ3) is 6.43. The molecule has 0 aliphatic carbocycles. The minimum atomic E-state index is 1.13. The Balaban J connectivity index is 1.83. The molecule has 0 saturated carbocycles. The van der Waals surface area contributed by atoms with Crippen LogP contribution in [0.2, 0.25) is 0 Å². The summed E-state index contributed by atoms with van der Waals surface area (Å²) < 4.78 is 4.60. The normalized spacial score (nSPS) is 10.9. The topological polar surface area (TPSA) is 7.76 Å². The zero-order chi connectivity index (χ0) is 17.0. The molecule has 0 unspecified atom stereocenters. The van der Waals surface area contributed by atoms with Crippen molar-refractivity contribution in [2.45, 2.75) is 78.3 Å². The van der Waals surface area contributed by atoms with Gasteiger partial charge < -0.3 is 0 Å². The molecule has 0 aliphatic heterocycles. The third-order valence-electron chi connectivity index (χ3n) is 4.66. The minimum absolute atomic E-state index is 1.13. The SMILES string of the molecule is CCCCCCC[n+]1ccc(-c2cc[n+](CCCCC)cc2)cc1. The van der Waals surface area contributed by atoms with Gasteiger partial charge in [0.1, 0.15) is 13.1 Å². The van der Waals surface area contributed by atoms with E-state index in [1.165, 1.54) is 62.5 Å². The molecule has 0 fully saturated rings. The molecule has 2 heteroatoms. The van der Waals surface area contributed by atoms with Crippen molar-refractivity contribution < 1.29 is 9.13 Å². The van der Waals surface area contributed by atoms with Crippen LogP contribution in [0.1, 0.15) is 65.2 Å². The summed E-state index contributed by atoms with van der Waals surface area (Å²) in [6, 6.07) is 8.94. The van der Waals surface area contributed by atoms with Crippen molar-refractivity contribution in [3.05, 3.63) is 49.1 Å². The molecule has 0 bridgehead atoms. The van der Waals surface area contributed by atoms with Crippen molar-refractivity contribution in [3.8, 4) is 11.1 Å². The molecule has 2 aromatic rings. The highest BCUT2D eigenvalue weighted by molar-refractivity contribution is 5.60. The molecule has 0 atom stereocenters. The second-order valence-electron chi connectivity index (χ2n) is 6.77. The second-order valence-corrected chi connectivity index (χ2v) is 6.77. The van der Waals surface area contributed by atoms with Gasteiger partial charge in [-0.2, -0.15) is 0 Å². The summed E-state index contributed by atoms with van der Waals surface area (Å²) in [6.07, 6.45) is 19.4. The molecule has 0 amide bonds. The number of nitrogens with zero attached hydrogens (tertiary/aromatic N) is 2. The van der Waals surface area contributed by atoms with Crippen molar-refractivity contribution in [3.63, 3.8) is 0 Å². The quantitative estimate of drug-likeness (QED) is 0.401. The van der Waals surface area contributed by atoms with E-state index in [2.05, 4.69) is 72.0 Å². The van der Waals surface area contributed by atoms with Gasteiger partial charge in [0, 0.05) is 37.1 Å². The van der Waals surface area contributed by atoms with Gasteiger partial charge >= 0.3 is 0 Å². The van der Waals surface area contributed by atoms with E-state index in [9.17, 15) is 0 Å². The van der Waals surface area contributed by atoms with Crippen LogP contribution in [0.25, 0.3) is 11.1 Å². The fraction of sp³-hybridized carbons (Fsp3) is 0.545. The van der Waals surface area contributed by atoms with Crippen LogP contribution in [0.3, 0.4) is 0 Å². The van der Waals surface area contributed by atoms with E-state index in [0.29, 0.717) is 0 Å². The zero-order valence-electron chi connectivity index (χ0n) is 15.6. The summed E-state index contributed by atoms with van der Waals surface area (Å²) in [5, 5.41) is 0. The van der Waals surface area contributed by atoms with Crippen LogP contribution < -0.4 is 9.13 Å². The van der Waals surface area contributed by atoms with Gasteiger partial charge in [0.25, 0.3) is 0 Å². The van der Waals surface area contributed by atoms with Crippen LogP contribution in [0, 0.1) is 0 Å². The lowest BCUT2D eigenvalue weighted by atomic mass is 10.1. The summed E-state index contributed by atoms with van der Waals surface area (Å²) >= 11 is 0. The number of aryl methyl sites for hydroxylation is 2. The summed E-state index contributed by atoms with van der Waals surface area (Å²) in [6.45, 7) is 6.78. The molecule has 2 rings (SSSR count). The maximum Gasteiger partial charge on any atom is 0.169 e. The molecule has 0 N–H and O–H groups in total. The fourth-order valence-corrected chi connectivity index (χ4v) is 3.04. The van der Waals surface area contributed by atoms with Gasteiger partial charge in [-0.3, -0.25) is 0 Å². The second kappa shape index (κ2) is 11.0. The number of hydrogen-bond acceptors (Lipinski definition) is 0. The molecule has 2 nitrogen and oxygen atoms in total. The standard InChI is InChI=1S/C22H34N2/c1-3-5-7-8-10-16-24-19-13-22(14-20-24)21-11-17-23(18-12-21)15-9-6-4-2/h11-14,17-20H,3-10,15-16H2,1-2H3/q+2. The van der Waals surface area contributed by atoms with Gasteiger partial charge in [0.2, 0.25) is 0 Å². The van der Waals surface area contributed by atoms with Crippen LogP contribution in [0.4, 0.5) is 0 Å². The van der Waals surface area contributed by atoms with Crippen molar-refractivity contribution in [1.29, 1.82) is 0 Å². The molecule has 0 saturated heterocycles. The molecule has 130 valence electrons. The predicted molar refractivity (Wildman–Crippen MR) is 101 cm³/mol. The van der Waals surface area contributed by atoms with Crippen molar-refractivity contribution in [2.24, 2.45) is 0 Å². The Kier molecular flexibility index (Phi) is 8.51. The van der Waals surface area contributed by atoms with Crippen LogP contribution >= 0.6 is 0 Å². The average molecular weight is 327 g/mol. The Morgan fingerprint density at radius 1 is 0.542 bits per heavy atom. The number of rotatable bonds is 11. The first-order valence-corrected chi connectivity index (χ1v) is 9.82. The molecule has 0 aliphatic rings. The van der Waals surface area contributed by atoms with Crippen molar-refractivity contribution in [1.82, 2.24) is 0 Å². The summed E-state index contributed by atoms with van der Waals surface area (Å²) in [5.41, 5.74) is 2.61. The minimum Gasteiger partial charge on any atom is -0.205 e. The van der Waals surface area contributed by atoms with Crippen LogP contribution in [-0.4, -0.2) is 0 Å². The summed E-state index contributed by atoms with van der Waals surface area (Å²) in [4.78, 5) is 0. The molecule has 0 spiro atoms. The van der Waals surface area contributed by atoms with Gasteiger partial charge in [0.15, 0.2) is 24.8 Å². The molecule has 24 heavy (non-hydrogen) atoms. The lowest BCUT2D eigenvalue weighted by molar-refractivity contribution is -0.697. The van der Waals surface area contributed by atoms with Crippen LogP contribution in [0.5, 0.6) is 0 Å². The largest absolute Gasteiger partial charge is 0.205 e. The monoisotopic (exact) mass is 326 g/mol. The first kappa shape index (κ1) is 18.6. The smallest absolute Gasteiger partial charge is 0.169 e. The molecular weight excluding hydrogens is 292 g/mol. The number of hydrogen-bond donors (Lipinski definition) is 0. The van der Waals surface area contributed by atoms with E-state index in [-0.39, 0.29) is 0 Å². The maximum absolute atomic E-state index is 2.31. The van der Waals surface area contributed by atoms with E-state index < -0.39 is 0 Å². The maximum atomic E-state index is 2.31. The molecule has 2 heterocycles. The summed E-state index contributed by atoms with van der Waals surface area (Å²) in [5.74, 6) is 0. The molecule has 2 aromatic heterocycles. The van der Waals surface area contributed by atoms with Gasteiger partial charge in [-0.15, -0.1) is 0 Å². The van der Waals surface area contributed by atoms with E-state index in [4.69, 9.17) is 0 Å². The fourth-order valence-electron chi connectivity index (χ4n) is 3.04. The van der Waals surface area contributed by atoms with E-state index >= 15 is 0 Å². The van der Waals surface area contributed by atoms with Gasteiger partial charge in [-0.1, -0.05) is 39.5 Å². The molecule has 0 radical (unpaired) electrons. The van der Waals surface area contributed by atoms with Crippen LogP contribution in [0.15, 0.2) is 49.1 Å². The highest BCUT2D eigenvalue weighted by Gasteiger charge is 2.05. The highest BCUT2D eigenvalue weighted by Crippen LogP contribution is 2.15. The molecule has 0 aromatic carbocycles. The van der Waals surface area contributed by atoms with Crippen molar-refractivity contribution in [2.75, 3.05) is 0 Å². The Morgan fingerprint density at radius 2 is 0.917 bits per heavy atom. The predicted octanol–water partition coefficient (Wildman–Crippen LogP) is 5.09. The van der Waals surface area contributed by atoms with Gasteiger partial charge in [-0.05, 0) is 24.0 Å². The van der Waals surface area contributed by atoms with Crippen molar-refractivity contribution >= 4 is 0 Å².